The normalized spacial score (nSPS) is 18.5. The second-order valence-electron chi connectivity index (χ2n) is 7.58. The maximum atomic E-state index is 11.3. The van der Waals surface area contributed by atoms with Gasteiger partial charge in [-0.15, -0.1) is 0 Å². The van der Waals surface area contributed by atoms with Gasteiger partial charge in [-0.3, -0.25) is 4.79 Å². The molecule has 0 amide bonds. The van der Waals surface area contributed by atoms with E-state index >= 15 is 0 Å². The molecule has 1 aromatic rings. The van der Waals surface area contributed by atoms with Crippen molar-refractivity contribution in [2.45, 2.75) is 58.8 Å². The Balaban J connectivity index is 1.86. The van der Waals surface area contributed by atoms with Crippen molar-refractivity contribution in [3.63, 3.8) is 0 Å². The highest BCUT2D eigenvalue weighted by Crippen LogP contribution is 2.27. The van der Waals surface area contributed by atoms with Crippen molar-refractivity contribution in [1.82, 2.24) is 4.90 Å². The number of ketones is 1. The zero-order valence-corrected chi connectivity index (χ0v) is 14.7. The summed E-state index contributed by atoms with van der Waals surface area (Å²) in [4.78, 5) is 13.7. The van der Waals surface area contributed by atoms with Gasteiger partial charge in [-0.05, 0) is 35.3 Å². The average Bonchev–Trinajstić information content (AvgIpc) is 2.50. The van der Waals surface area contributed by atoms with Crippen LogP contribution in [0.2, 0.25) is 0 Å². The third-order valence-electron chi connectivity index (χ3n) is 5.19. The Morgan fingerprint density at radius 2 is 1.73 bits per heavy atom. The van der Waals surface area contributed by atoms with Gasteiger partial charge in [0.15, 0.2) is 0 Å². The lowest BCUT2D eigenvalue weighted by Gasteiger charge is -2.28. The smallest absolute Gasteiger partial charge is 0.135 e. The van der Waals surface area contributed by atoms with Gasteiger partial charge >= 0.3 is 0 Å². The lowest BCUT2D eigenvalue weighted by molar-refractivity contribution is -0.121. The zero-order chi connectivity index (χ0) is 16.2. The fraction of sp³-hybridized carbons (Fsp3) is 0.650. The van der Waals surface area contributed by atoms with Gasteiger partial charge in [0.2, 0.25) is 0 Å². The van der Waals surface area contributed by atoms with E-state index < -0.39 is 0 Å². The Morgan fingerprint density at radius 3 is 2.27 bits per heavy atom. The SMILES string of the molecule is CCC(C)(C)c1ccc(CC(C)CN2CCC(=O)CC2)cc1. The predicted octanol–water partition coefficient (Wildman–Crippen LogP) is 4.22. The molecule has 1 atom stereocenters. The van der Waals surface area contributed by atoms with Crippen LogP contribution in [0.1, 0.15) is 58.1 Å². The van der Waals surface area contributed by atoms with Crippen LogP contribution in [0.3, 0.4) is 0 Å². The number of likely N-dealkylation sites (tertiary alicyclic amines) is 1. The van der Waals surface area contributed by atoms with Crippen molar-refractivity contribution in [1.29, 1.82) is 0 Å². The van der Waals surface area contributed by atoms with Gasteiger partial charge in [-0.2, -0.15) is 0 Å². The molecule has 1 unspecified atom stereocenters. The van der Waals surface area contributed by atoms with Crippen LogP contribution in [0.15, 0.2) is 24.3 Å². The molecule has 122 valence electrons. The maximum absolute atomic E-state index is 11.3. The minimum atomic E-state index is 0.268. The first-order chi connectivity index (χ1) is 10.4. The van der Waals surface area contributed by atoms with Crippen LogP contribution in [-0.2, 0) is 16.6 Å². The Kier molecular flexibility index (Phi) is 5.80. The lowest BCUT2D eigenvalue weighted by atomic mass is 9.82. The van der Waals surface area contributed by atoms with E-state index in [0.29, 0.717) is 11.7 Å². The third kappa shape index (κ3) is 4.67. The van der Waals surface area contributed by atoms with E-state index in [1.54, 1.807) is 0 Å². The lowest BCUT2D eigenvalue weighted by Crippen LogP contribution is -2.37. The summed E-state index contributed by atoms with van der Waals surface area (Å²) in [6.07, 6.45) is 3.77. The predicted molar refractivity (Wildman–Crippen MR) is 93.3 cm³/mol. The number of rotatable bonds is 6. The molecule has 1 aliphatic heterocycles. The highest BCUT2D eigenvalue weighted by molar-refractivity contribution is 5.79. The summed E-state index contributed by atoms with van der Waals surface area (Å²) in [7, 11) is 0. The van der Waals surface area contributed by atoms with E-state index in [4.69, 9.17) is 0 Å². The number of benzene rings is 1. The Morgan fingerprint density at radius 1 is 1.14 bits per heavy atom. The first-order valence-corrected chi connectivity index (χ1v) is 8.74. The van der Waals surface area contributed by atoms with Crippen molar-refractivity contribution >= 4 is 5.78 Å². The van der Waals surface area contributed by atoms with Gasteiger partial charge in [-0.1, -0.05) is 52.0 Å². The quantitative estimate of drug-likeness (QED) is 0.784. The van der Waals surface area contributed by atoms with Crippen LogP contribution in [0.5, 0.6) is 0 Å². The number of Topliss-reactive ketones (excluding diaryl/α,β-unsaturated/α-hetero) is 1. The van der Waals surface area contributed by atoms with Gasteiger partial charge in [0.05, 0.1) is 0 Å². The summed E-state index contributed by atoms with van der Waals surface area (Å²) in [6.45, 7) is 12.2. The third-order valence-corrected chi connectivity index (χ3v) is 5.19. The summed E-state index contributed by atoms with van der Waals surface area (Å²) in [5.41, 5.74) is 3.13. The molecular formula is C20H31NO. The largest absolute Gasteiger partial charge is 0.302 e. The number of carbonyl (C=O) groups excluding carboxylic acids is 1. The second kappa shape index (κ2) is 7.41. The van der Waals surface area contributed by atoms with Crippen LogP contribution < -0.4 is 0 Å². The van der Waals surface area contributed by atoms with E-state index in [1.807, 2.05) is 0 Å². The monoisotopic (exact) mass is 301 g/mol. The highest BCUT2D eigenvalue weighted by atomic mass is 16.1. The zero-order valence-electron chi connectivity index (χ0n) is 14.7. The van der Waals surface area contributed by atoms with E-state index in [9.17, 15) is 4.79 Å². The molecule has 0 aliphatic carbocycles. The van der Waals surface area contributed by atoms with Gasteiger partial charge in [0, 0.05) is 32.5 Å². The second-order valence-corrected chi connectivity index (χ2v) is 7.58. The number of hydrogen-bond acceptors (Lipinski definition) is 2. The summed E-state index contributed by atoms with van der Waals surface area (Å²) < 4.78 is 0. The highest BCUT2D eigenvalue weighted by Gasteiger charge is 2.19. The Labute approximate surface area is 135 Å². The first kappa shape index (κ1) is 17.2. The summed E-state index contributed by atoms with van der Waals surface area (Å²) in [5.74, 6) is 1.07. The molecular weight excluding hydrogens is 270 g/mol. The van der Waals surface area contributed by atoms with Crippen molar-refractivity contribution < 1.29 is 4.79 Å². The molecule has 1 heterocycles. The molecule has 22 heavy (non-hydrogen) atoms. The first-order valence-electron chi connectivity index (χ1n) is 8.74. The van der Waals surface area contributed by atoms with Gasteiger partial charge in [0.25, 0.3) is 0 Å². The van der Waals surface area contributed by atoms with E-state index in [-0.39, 0.29) is 5.41 Å². The number of hydrogen-bond donors (Lipinski definition) is 0. The molecule has 0 spiro atoms. The molecule has 0 N–H and O–H groups in total. The standard InChI is InChI=1S/C20H31NO/c1-5-20(3,4)18-8-6-17(7-9-18)14-16(2)15-21-12-10-19(22)11-13-21/h6-9,16H,5,10-15H2,1-4H3. The topological polar surface area (TPSA) is 20.3 Å². The molecule has 1 aromatic carbocycles. The molecule has 0 saturated carbocycles. The van der Waals surface area contributed by atoms with Crippen LogP contribution in [0.4, 0.5) is 0 Å². The van der Waals surface area contributed by atoms with Crippen LogP contribution in [0, 0.1) is 5.92 Å². The van der Waals surface area contributed by atoms with Crippen molar-refractivity contribution in [3.8, 4) is 0 Å². The molecule has 2 rings (SSSR count). The van der Waals surface area contributed by atoms with E-state index in [2.05, 4.69) is 56.9 Å². The van der Waals surface area contributed by atoms with Crippen molar-refractivity contribution in [2.75, 3.05) is 19.6 Å². The Bertz CT molecular complexity index is 479. The van der Waals surface area contributed by atoms with Crippen LogP contribution in [-0.4, -0.2) is 30.3 Å². The maximum Gasteiger partial charge on any atom is 0.135 e. The number of nitrogens with zero attached hydrogens (tertiary/aromatic N) is 1. The number of piperidine rings is 1. The van der Waals surface area contributed by atoms with Gasteiger partial charge < -0.3 is 4.90 Å². The molecule has 2 heteroatoms. The number of carbonyl (C=O) groups is 1. The molecule has 1 aliphatic rings. The van der Waals surface area contributed by atoms with Crippen molar-refractivity contribution in [2.24, 2.45) is 5.92 Å². The molecule has 2 nitrogen and oxygen atoms in total. The van der Waals surface area contributed by atoms with Crippen molar-refractivity contribution in [3.05, 3.63) is 35.4 Å². The average molecular weight is 301 g/mol. The molecule has 1 saturated heterocycles. The Hall–Kier alpha value is -1.15. The minimum Gasteiger partial charge on any atom is -0.302 e. The molecule has 1 fully saturated rings. The fourth-order valence-electron chi connectivity index (χ4n) is 3.19. The van der Waals surface area contributed by atoms with Crippen LogP contribution >= 0.6 is 0 Å². The summed E-state index contributed by atoms with van der Waals surface area (Å²) in [5, 5.41) is 0. The molecule has 0 aromatic heterocycles. The molecule has 0 radical (unpaired) electrons. The van der Waals surface area contributed by atoms with Gasteiger partial charge in [-0.25, -0.2) is 0 Å². The van der Waals surface area contributed by atoms with E-state index in [0.717, 1.165) is 45.3 Å². The minimum absolute atomic E-state index is 0.268. The molecule has 0 bridgehead atoms. The summed E-state index contributed by atoms with van der Waals surface area (Å²) in [6, 6.07) is 9.18. The van der Waals surface area contributed by atoms with Gasteiger partial charge in [0.1, 0.15) is 5.78 Å². The fourth-order valence-corrected chi connectivity index (χ4v) is 3.19. The van der Waals surface area contributed by atoms with Crippen LogP contribution in [0.25, 0.3) is 0 Å². The summed E-state index contributed by atoms with van der Waals surface area (Å²) >= 11 is 0. The van der Waals surface area contributed by atoms with E-state index in [1.165, 1.54) is 11.1 Å².